The molecular weight excluding hydrogens is 252 g/mol. The summed E-state index contributed by atoms with van der Waals surface area (Å²) in [6, 6.07) is 6.60. The van der Waals surface area contributed by atoms with Gasteiger partial charge < -0.3 is 4.74 Å². The molecule has 0 aliphatic carbocycles. The molecule has 0 N–H and O–H groups in total. The van der Waals surface area contributed by atoms with E-state index in [0.717, 1.165) is 0 Å². The lowest BCUT2D eigenvalue weighted by Crippen LogP contribution is -2.30. The van der Waals surface area contributed by atoms with Gasteiger partial charge in [-0.25, -0.2) is 0 Å². The number of ether oxygens (including phenoxy) is 1. The van der Waals surface area contributed by atoms with Crippen molar-refractivity contribution in [1.29, 1.82) is 0 Å². The fourth-order valence-electron chi connectivity index (χ4n) is 1.74. The maximum absolute atomic E-state index is 12.3. The molecule has 0 fully saturated rings. The van der Waals surface area contributed by atoms with Gasteiger partial charge in [0.15, 0.2) is 5.78 Å². The summed E-state index contributed by atoms with van der Waals surface area (Å²) in [5, 5.41) is 0.479. The molecule has 0 radical (unpaired) electrons. The molecule has 0 saturated heterocycles. The highest BCUT2D eigenvalue weighted by atomic mass is 35.5. The SMILES string of the molecule is CCOC(=O)[C@H](C(=O)c1cccc(Cl)c1)C(C)C. The predicted octanol–water partition coefficient (Wildman–Crippen LogP) is 3.36. The standard InChI is InChI=1S/C14H17ClO3/c1-4-18-14(17)12(9(2)3)13(16)10-6-5-7-11(15)8-10/h5-9,12H,4H2,1-3H3/t12-/m0/s1. The van der Waals surface area contributed by atoms with Crippen molar-refractivity contribution in [3.8, 4) is 0 Å². The van der Waals surface area contributed by atoms with Gasteiger partial charge >= 0.3 is 5.97 Å². The van der Waals surface area contributed by atoms with Crippen LogP contribution >= 0.6 is 11.6 Å². The van der Waals surface area contributed by atoms with Crippen LogP contribution in [0.4, 0.5) is 0 Å². The molecule has 0 aromatic heterocycles. The lowest BCUT2D eigenvalue weighted by Gasteiger charge is -2.17. The van der Waals surface area contributed by atoms with Gasteiger partial charge in [0.1, 0.15) is 5.92 Å². The smallest absolute Gasteiger partial charge is 0.317 e. The largest absolute Gasteiger partial charge is 0.465 e. The molecule has 4 heteroatoms. The molecule has 0 heterocycles. The van der Waals surface area contributed by atoms with E-state index in [2.05, 4.69) is 0 Å². The minimum absolute atomic E-state index is 0.115. The molecule has 18 heavy (non-hydrogen) atoms. The van der Waals surface area contributed by atoms with Gasteiger partial charge in [0.2, 0.25) is 0 Å². The molecule has 1 rings (SSSR count). The zero-order valence-corrected chi connectivity index (χ0v) is 11.5. The number of esters is 1. The van der Waals surface area contributed by atoms with Crippen molar-refractivity contribution in [3.63, 3.8) is 0 Å². The highest BCUT2D eigenvalue weighted by molar-refractivity contribution is 6.31. The van der Waals surface area contributed by atoms with E-state index in [0.29, 0.717) is 10.6 Å². The van der Waals surface area contributed by atoms with Gasteiger partial charge in [0, 0.05) is 10.6 Å². The van der Waals surface area contributed by atoms with E-state index in [9.17, 15) is 9.59 Å². The molecule has 1 aromatic carbocycles. The Labute approximate surface area is 112 Å². The molecule has 0 unspecified atom stereocenters. The molecule has 1 aromatic rings. The van der Waals surface area contributed by atoms with Crippen LogP contribution in [-0.4, -0.2) is 18.4 Å². The van der Waals surface area contributed by atoms with Crippen LogP contribution in [0, 0.1) is 11.8 Å². The quantitative estimate of drug-likeness (QED) is 0.467. The average Bonchev–Trinajstić information content (AvgIpc) is 2.28. The maximum atomic E-state index is 12.3. The topological polar surface area (TPSA) is 43.4 Å². The summed E-state index contributed by atoms with van der Waals surface area (Å²) in [5.74, 6) is -1.61. The third-order valence-electron chi connectivity index (χ3n) is 2.60. The first kappa shape index (κ1) is 14.7. The van der Waals surface area contributed by atoms with Crippen LogP contribution in [0.2, 0.25) is 5.02 Å². The average molecular weight is 269 g/mol. The van der Waals surface area contributed by atoms with Crippen LogP contribution in [0.3, 0.4) is 0 Å². The van der Waals surface area contributed by atoms with Crippen molar-refractivity contribution in [1.82, 2.24) is 0 Å². The van der Waals surface area contributed by atoms with Crippen molar-refractivity contribution >= 4 is 23.4 Å². The normalized spacial score (nSPS) is 12.3. The summed E-state index contributed by atoms with van der Waals surface area (Å²) >= 11 is 5.85. The van der Waals surface area contributed by atoms with E-state index >= 15 is 0 Å². The molecule has 3 nitrogen and oxygen atoms in total. The van der Waals surface area contributed by atoms with Crippen LogP contribution < -0.4 is 0 Å². The second kappa shape index (κ2) is 6.55. The maximum Gasteiger partial charge on any atom is 0.317 e. The number of ketones is 1. The van der Waals surface area contributed by atoms with Gasteiger partial charge in [0.05, 0.1) is 6.61 Å². The zero-order chi connectivity index (χ0) is 13.7. The summed E-state index contributed by atoms with van der Waals surface area (Å²) in [6.45, 7) is 5.64. The second-order valence-electron chi connectivity index (χ2n) is 4.35. The Morgan fingerprint density at radius 1 is 1.33 bits per heavy atom. The summed E-state index contributed by atoms with van der Waals surface area (Å²) < 4.78 is 4.95. The fraction of sp³-hybridized carbons (Fsp3) is 0.429. The number of carbonyl (C=O) groups is 2. The van der Waals surface area contributed by atoms with Crippen LogP contribution in [0.25, 0.3) is 0 Å². The van der Waals surface area contributed by atoms with Crippen molar-refractivity contribution in [2.75, 3.05) is 6.61 Å². The Morgan fingerprint density at radius 3 is 2.50 bits per heavy atom. The molecule has 0 spiro atoms. The van der Waals surface area contributed by atoms with E-state index in [1.165, 1.54) is 0 Å². The Bertz CT molecular complexity index is 440. The molecule has 1 atom stereocenters. The summed E-state index contributed by atoms with van der Waals surface area (Å²) in [5.41, 5.74) is 0.439. The summed E-state index contributed by atoms with van der Waals surface area (Å²) in [7, 11) is 0. The lowest BCUT2D eigenvalue weighted by molar-refractivity contribution is -0.147. The zero-order valence-electron chi connectivity index (χ0n) is 10.8. The van der Waals surface area contributed by atoms with Crippen LogP contribution in [-0.2, 0) is 9.53 Å². The Morgan fingerprint density at radius 2 is 2.00 bits per heavy atom. The van der Waals surface area contributed by atoms with Crippen molar-refractivity contribution in [2.45, 2.75) is 20.8 Å². The predicted molar refractivity (Wildman–Crippen MR) is 70.7 cm³/mol. The van der Waals surface area contributed by atoms with Crippen molar-refractivity contribution < 1.29 is 14.3 Å². The van der Waals surface area contributed by atoms with Gasteiger partial charge in [-0.3, -0.25) is 9.59 Å². The summed E-state index contributed by atoms with van der Waals surface area (Å²) in [6.07, 6.45) is 0. The fourth-order valence-corrected chi connectivity index (χ4v) is 1.93. The minimum atomic E-state index is -0.775. The molecule has 0 aliphatic heterocycles. The van der Waals surface area contributed by atoms with E-state index < -0.39 is 11.9 Å². The van der Waals surface area contributed by atoms with Crippen molar-refractivity contribution in [2.24, 2.45) is 11.8 Å². The summed E-state index contributed by atoms with van der Waals surface area (Å²) in [4.78, 5) is 24.1. The number of rotatable bonds is 5. The van der Waals surface area contributed by atoms with Gasteiger partial charge in [-0.1, -0.05) is 37.6 Å². The number of hydrogen-bond donors (Lipinski definition) is 0. The number of carbonyl (C=O) groups excluding carboxylic acids is 2. The molecule has 0 bridgehead atoms. The molecule has 0 saturated carbocycles. The van der Waals surface area contributed by atoms with Gasteiger partial charge in [0.25, 0.3) is 0 Å². The molecule has 98 valence electrons. The highest BCUT2D eigenvalue weighted by Crippen LogP contribution is 2.21. The number of Topliss-reactive ketones (excluding diaryl/α,β-unsaturated/α-hetero) is 1. The number of hydrogen-bond acceptors (Lipinski definition) is 3. The first-order chi connectivity index (χ1) is 8.47. The van der Waals surface area contributed by atoms with Gasteiger partial charge in [-0.2, -0.15) is 0 Å². The molecule has 0 amide bonds. The van der Waals surface area contributed by atoms with Crippen LogP contribution in [0.5, 0.6) is 0 Å². The third kappa shape index (κ3) is 3.57. The Hall–Kier alpha value is -1.35. The minimum Gasteiger partial charge on any atom is -0.465 e. The Balaban J connectivity index is 3.00. The first-order valence-corrected chi connectivity index (χ1v) is 6.31. The van der Waals surface area contributed by atoms with Crippen LogP contribution in [0.1, 0.15) is 31.1 Å². The Kier molecular flexibility index (Phi) is 5.35. The molecular formula is C14H17ClO3. The van der Waals surface area contributed by atoms with Gasteiger partial charge in [-0.15, -0.1) is 0 Å². The third-order valence-corrected chi connectivity index (χ3v) is 2.83. The van der Waals surface area contributed by atoms with E-state index in [4.69, 9.17) is 16.3 Å². The van der Waals surface area contributed by atoms with E-state index in [-0.39, 0.29) is 18.3 Å². The lowest BCUT2D eigenvalue weighted by atomic mass is 9.88. The number of benzene rings is 1. The number of halogens is 1. The molecule has 0 aliphatic rings. The van der Waals surface area contributed by atoms with Crippen molar-refractivity contribution in [3.05, 3.63) is 34.9 Å². The van der Waals surface area contributed by atoms with Gasteiger partial charge in [-0.05, 0) is 25.0 Å². The first-order valence-electron chi connectivity index (χ1n) is 5.93. The van der Waals surface area contributed by atoms with E-state index in [1.807, 2.05) is 13.8 Å². The van der Waals surface area contributed by atoms with Crippen LogP contribution in [0.15, 0.2) is 24.3 Å². The highest BCUT2D eigenvalue weighted by Gasteiger charge is 2.31. The second-order valence-corrected chi connectivity index (χ2v) is 4.78. The monoisotopic (exact) mass is 268 g/mol. The van der Waals surface area contributed by atoms with E-state index in [1.54, 1.807) is 31.2 Å².